The number of nitrogens with two attached hydrogens (primary N) is 1. The minimum absolute atomic E-state index is 0.200. The van der Waals surface area contributed by atoms with Gasteiger partial charge >= 0.3 is 5.97 Å². The quantitative estimate of drug-likeness (QED) is 0.112. The lowest BCUT2D eigenvalue weighted by Gasteiger charge is -2.62. The van der Waals surface area contributed by atoms with E-state index < -0.39 is 5.97 Å². The SMILES string of the molecule is C[C@H](COc1ccccc1C(=O)O)C1CCC2C3C(CC[C@@]21C)[C@@]1(C)CC[C@H](NCCCNCCCCNCCCN)C[C@@H]1C[C@H]3O. The maximum Gasteiger partial charge on any atom is 0.339 e. The van der Waals surface area contributed by atoms with Gasteiger partial charge in [-0.2, -0.15) is 0 Å². The van der Waals surface area contributed by atoms with Gasteiger partial charge in [0.05, 0.1) is 12.7 Å². The predicted molar refractivity (Wildman–Crippen MR) is 190 cm³/mol. The summed E-state index contributed by atoms with van der Waals surface area (Å²) in [5.41, 5.74) is 6.31. The Kier molecular flexibility index (Phi) is 13.1. The zero-order chi connectivity index (χ0) is 33.4. The van der Waals surface area contributed by atoms with Crippen LogP contribution in [0.15, 0.2) is 24.3 Å². The Labute approximate surface area is 284 Å². The first-order chi connectivity index (χ1) is 22.7. The molecule has 0 amide bonds. The van der Waals surface area contributed by atoms with Crippen LogP contribution in [-0.2, 0) is 0 Å². The second kappa shape index (κ2) is 16.8. The maximum atomic E-state index is 11.8. The topological polar surface area (TPSA) is 129 Å². The number of aromatic carboxylic acids is 1. The van der Waals surface area contributed by atoms with Crippen LogP contribution >= 0.6 is 0 Å². The molecule has 0 spiro atoms. The molecule has 0 saturated heterocycles. The molecular weight excluding hydrogens is 588 g/mol. The Hall–Kier alpha value is -1.71. The van der Waals surface area contributed by atoms with Crippen molar-refractivity contribution < 1.29 is 19.7 Å². The molecule has 0 bridgehead atoms. The van der Waals surface area contributed by atoms with Crippen LogP contribution in [0, 0.1) is 46.3 Å². The molecule has 1 aromatic carbocycles. The van der Waals surface area contributed by atoms with Crippen molar-refractivity contribution in [3.63, 3.8) is 0 Å². The first kappa shape index (κ1) is 36.6. The summed E-state index contributed by atoms with van der Waals surface area (Å²) in [6.07, 6.45) is 14.0. The van der Waals surface area contributed by atoms with E-state index in [1.807, 2.05) is 6.07 Å². The summed E-state index contributed by atoms with van der Waals surface area (Å²) in [4.78, 5) is 11.7. The van der Waals surface area contributed by atoms with E-state index in [2.05, 4.69) is 36.7 Å². The molecule has 4 fully saturated rings. The predicted octanol–water partition coefficient (Wildman–Crippen LogP) is 5.69. The minimum Gasteiger partial charge on any atom is -0.492 e. The van der Waals surface area contributed by atoms with Crippen LogP contribution in [0.3, 0.4) is 0 Å². The molecule has 0 heterocycles. The molecule has 4 saturated carbocycles. The highest BCUT2D eigenvalue weighted by molar-refractivity contribution is 5.90. The monoisotopic (exact) mass is 655 g/mol. The summed E-state index contributed by atoms with van der Waals surface area (Å²) in [6.45, 7) is 14.0. The molecule has 1 aromatic rings. The van der Waals surface area contributed by atoms with Crippen molar-refractivity contribution in [1.82, 2.24) is 16.0 Å². The van der Waals surface area contributed by atoms with Gasteiger partial charge in [-0.15, -0.1) is 0 Å². The zero-order valence-electron chi connectivity index (χ0n) is 29.7. The maximum absolute atomic E-state index is 11.8. The Bertz CT molecular complexity index is 1140. The number of rotatable bonds is 18. The van der Waals surface area contributed by atoms with Crippen molar-refractivity contribution in [2.45, 2.75) is 110 Å². The summed E-state index contributed by atoms with van der Waals surface area (Å²) >= 11 is 0. The van der Waals surface area contributed by atoms with Gasteiger partial charge in [0, 0.05) is 6.04 Å². The van der Waals surface area contributed by atoms with Gasteiger partial charge in [0.2, 0.25) is 0 Å². The summed E-state index contributed by atoms with van der Waals surface area (Å²) in [6, 6.07) is 7.55. The molecule has 4 unspecified atom stereocenters. The fourth-order valence-electron chi connectivity index (χ4n) is 11.0. The van der Waals surface area contributed by atoms with Crippen molar-refractivity contribution in [2.75, 3.05) is 45.9 Å². The molecule has 266 valence electrons. The number of benzene rings is 1. The van der Waals surface area contributed by atoms with Gasteiger partial charge in [-0.1, -0.05) is 32.9 Å². The third-order valence-corrected chi connectivity index (χ3v) is 13.5. The smallest absolute Gasteiger partial charge is 0.339 e. The van der Waals surface area contributed by atoms with E-state index >= 15 is 0 Å². The molecule has 0 radical (unpaired) electrons. The number of ether oxygens (including phenoxy) is 1. The number of hydrogen-bond donors (Lipinski definition) is 6. The second-order valence-corrected chi connectivity index (χ2v) is 16.2. The minimum atomic E-state index is -0.945. The highest BCUT2D eigenvalue weighted by atomic mass is 16.5. The molecule has 4 aliphatic carbocycles. The van der Waals surface area contributed by atoms with Crippen LogP contribution in [0.2, 0.25) is 0 Å². The van der Waals surface area contributed by atoms with Crippen LogP contribution in [-0.4, -0.2) is 74.2 Å². The Morgan fingerprint density at radius 1 is 0.915 bits per heavy atom. The van der Waals surface area contributed by atoms with Crippen LogP contribution < -0.4 is 26.4 Å². The van der Waals surface area contributed by atoms with Crippen molar-refractivity contribution in [3.8, 4) is 5.75 Å². The third-order valence-electron chi connectivity index (χ3n) is 13.5. The highest BCUT2D eigenvalue weighted by Gasteiger charge is 2.63. The number of unbranched alkanes of at least 4 members (excludes halogenated alkanes) is 1. The van der Waals surface area contributed by atoms with Crippen molar-refractivity contribution >= 4 is 5.97 Å². The molecule has 47 heavy (non-hydrogen) atoms. The number of carboxylic acids is 1. The van der Waals surface area contributed by atoms with Gasteiger partial charge < -0.3 is 36.6 Å². The van der Waals surface area contributed by atoms with Crippen LogP contribution in [0.25, 0.3) is 0 Å². The number of hydrogen-bond acceptors (Lipinski definition) is 7. The fraction of sp³-hybridized carbons (Fsp3) is 0.821. The fourth-order valence-corrected chi connectivity index (χ4v) is 11.0. The van der Waals surface area contributed by atoms with Crippen LogP contribution in [0.4, 0.5) is 0 Å². The highest BCUT2D eigenvalue weighted by Crippen LogP contribution is 2.68. The molecule has 4 aliphatic rings. The van der Waals surface area contributed by atoms with Gasteiger partial charge in [0.25, 0.3) is 0 Å². The number of carboxylic acid groups (broad SMARTS) is 1. The number of aliphatic hydroxyl groups excluding tert-OH is 1. The molecule has 0 aliphatic heterocycles. The Morgan fingerprint density at radius 2 is 1.60 bits per heavy atom. The lowest BCUT2D eigenvalue weighted by atomic mass is 9.43. The van der Waals surface area contributed by atoms with E-state index in [1.165, 1.54) is 57.8 Å². The number of para-hydroxylation sites is 1. The molecule has 0 aromatic heterocycles. The second-order valence-electron chi connectivity index (χ2n) is 16.2. The molecule has 10 atom stereocenters. The lowest BCUT2D eigenvalue weighted by molar-refractivity contribution is -0.167. The Morgan fingerprint density at radius 3 is 2.34 bits per heavy atom. The molecular formula is C39H66N4O4. The first-order valence-electron chi connectivity index (χ1n) is 19.2. The number of aliphatic hydroxyl groups is 1. The molecule has 8 nitrogen and oxygen atoms in total. The van der Waals surface area contributed by atoms with E-state index in [4.69, 9.17) is 10.5 Å². The lowest BCUT2D eigenvalue weighted by Crippen LogP contribution is -2.59. The van der Waals surface area contributed by atoms with E-state index in [-0.39, 0.29) is 17.1 Å². The van der Waals surface area contributed by atoms with Crippen LogP contribution in [0.1, 0.15) is 108 Å². The third kappa shape index (κ3) is 8.37. The van der Waals surface area contributed by atoms with E-state index in [1.54, 1.807) is 18.2 Å². The average Bonchev–Trinajstić information content (AvgIpc) is 3.42. The van der Waals surface area contributed by atoms with Gasteiger partial charge in [-0.25, -0.2) is 4.79 Å². The molecule has 7 N–H and O–H groups in total. The largest absolute Gasteiger partial charge is 0.492 e. The van der Waals surface area contributed by atoms with E-state index in [9.17, 15) is 15.0 Å². The van der Waals surface area contributed by atoms with Crippen molar-refractivity contribution in [3.05, 3.63) is 29.8 Å². The average molecular weight is 655 g/mol. The van der Waals surface area contributed by atoms with Gasteiger partial charge in [0.1, 0.15) is 11.3 Å². The zero-order valence-corrected chi connectivity index (χ0v) is 29.7. The van der Waals surface area contributed by atoms with Gasteiger partial charge in [-0.3, -0.25) is 0 Å². The van der Waals surface area contributed by atoms with Crippen molar-refractivity contribution in [1.29, 1.82) is 0 Å². The summed E-state index contributed by atoms with van der Waals surface area (Å²) in [5, 5.41) is 32.4. The number of fused-ring (bicyclic) bond motifs is 5. The standard InChI is InChI=1S/C39H66N4O4/c1-27(26-47-35-11-5-4-10-30(35)37(45)46)31-12-13-32-36-33(15-17-39(31,32)3)38(2)16-14-29(24-28(38)25-34(36)44)43-23-9-22-42-20-7-6-19-41-21-8-18-40/h4-5,10-11,27-29,31-34,36,41-44H,6-9,12-26,40H2,1-3H3,(H,45,46)/t27-,28-,29+,31?,32?,33?,34-,36?,38+,39-/m1/s1. The van der Waals surface area contributed by atoms with Gasteiger partial charge in [0.15, 0.2) is 0 Å². The van der Waals surface area contributed by atoms with Gasteiger partial charge in [-0.05, 0) is 175 Å². The Balaban J connectivity index is 1.07. The number of carbonyl (C=O) groups is 1. The van der Waals surface area contributed by atoms with E-state index in [0.717, 1.165) is 58.5 Å². The number of nitrogens with one attached hydrogen (secondary N) is 3. The molecule has 5 rings (SSSR count). The summed E-state index contributed by atoms with van der Waals surface area (Å²) < 4.78 is 6.15. The summed E-state index contributed by atoms with van der Waals surface area (Å²) in [5.74, 6) is 2.56. The van der Waals surface area contributed by atoms with Crippen molar-refractivity contribution in [2.24, 2.45) is 52.1 Å². The first-order valence-corrected chi connectivity index (χ1v) is 19.2. The van der Waals surface area contributed by atoms with E-state index in [0.29, 0.717) is 59.3 Å². The normalized spacial score (nSPS) is 35.5. The van der Waals surface area contributed by atoms with Crippen LogP contribution in [0.5, 0.6) is 5.75 Å². The molecule has 8 heteroatoms. The summed E-state index contributed by atoms with van der Waals surface area (Å²) in [7, 11) is 0.